The molecule has 0 radical (unpaired) electrons. The van der Waals surface area contributed by atoms with E-state index < -0.39 is 0 Å². The van der Waals surface area contributed by atoms with Crippen LogP contribution in [0.3, 0.4) is 0 Å². The summed E-state index contributed by atoms with van der Waals surface area (Å²) < 4.78 is 0. The second-order valence-corrected chi connectivity index (χ2v) is 5.84. The molecule has 1 aromatic carbocycles. The molecule has 0 heterocycles. The van der Waals surface area contributed by atoms with Crippen LogP contribution in [0.2, 0.25) is 0 Å². The Kier molecular flexibility index (Phi) is 6.03. The number of hydrogen-bond acceptors (Lipinski definition) is 2. The van der Waals surface area contributed by atoms with Gasteiger partial charge in [-0.1, -0.05) is 44.2 Å². The summed E-state index contributed by atoms with van der Waals surface area (Å²) in [7, 11) is 2.12. The van der Waals surface area contributed by atoms with E-state index in [9.17, 15) is 0 Å². The summed E-state index contributed by atoms with van der Waals surface area (Å²) in [6, 6.07) is 10.6. The Morgan fingerprint density at radius 1 is 1.21 bits per heavy atom. The highest BCUT2D eigenvalue weighted by Gasteiger charge is 2.20. The Balaban J connectivity index is 2.72. The molecule has 0 aliphatic rings. The van der Waals surface area contributed by atoms with E-state index in [0.717, 1.165) is 18.5 Å². The summed E-state index contributed by atoms with van der Waals surface area (Å²) in [6.45, 7) is 7.52. The highest BCUT2D eigenvalue weighted by molar-refractivity contribution is 5.84. The minimum atomic E-state index is -0.0131. The molecule has 2 atom stereocenters. The lowest BCUT2D eigenvalue weighted by atomic mass is 9.96. The van der Waals surface area contributed by atoms with Crippen molar-refractivity contribution in [3.8, 4) is 0 Å². The number of nitrogens with two attached hydrogens (primary N) is 1. The van der Waals surface area contributed by atoms with Gasteiger partial charge in [0.25, 0.3) is 0 Å². The van der Waals surface area contributed by atoms with E-state index in [1.165, 1.54) is 0 Å². The van der Waals surface area contributed by atoms with Gasteiger partial charge in [-0.15, -0.1) is 0 Å². The first-order valence-electron chi connectivity index (χ1n) is 7.01. The largest absolute Gasteiger partial charge is 0.387 e. The van der Waals surface area contributed by atoms with Crippen LogP contribution in [-0.4, -0.2) is 30.4 Å². The Morgan fingerprint density at radius 3 is 2.26 bits per heavy atom. The monoisotopic (exact) mass is 261 g/mol. The van der Waals surface area contributed by atoms with E-state index >= 15 is 0 Å². The van der Waals surface area contributed by atoms with Gasteiger partial charge in [-0.05, 0) is 31.9 Å². The molecule has 106 valence electrons. The van der Waals surface area contributed by atoms with Crippen molar-refractivity contribution in [2.24, 2.45) is 11.7 Å². The summed E-state index contributed by atoms with van der Waals surface area (Å²) in [5.41, 5.74) is 6.90. The van der Waals surface area contributed by atoms with Gasteiger partial charge >= 0.3 is 0 Å². The van der Waals surface area contributed by atoms with Crippen LogP contribution in [0.15, 0.2) is 30.3 Å². The molecular formula is C16H27N3. The predicted molar refractivity (Wildman–Crippen MR) is 82.6 cm³/mol. The van der Waals surface area contributed by atoms with Gasteiger partial charge in [-0.3, -0.25) is 5.41 Å². The zero-order valence-corrected chi connectivity index (χ0v) is 12.6. The average molecular weight is 261 g/mol. The van der Waals surface area contributed by atoms with Crippen LogP contribution in [-0.2, 0) is 0 Å². The molecule has 1 rings (SSSR count). The van der Waals surface area contributed by atoms with Crippen molar-refractivity contribution < 1.29 is 0 Å². The minimum absolute atomic E-state index is 0.0131. The van der Waals surface area contributed by atoms with E-state index in [2.05, 4.69) is 32.7 Å². The number of nitrogens with one attached hydrogen (secondary N) is 1. The molecule has 3 N–H and O–H groups in total. The fraction of sp³-hybridized carbons (Fsp3) is 0.562. The quantitative estimate of drug-likeness (QED) is 0.585. The SMILES string of the molecule is CC(C)CC(C)N(C)CC(C(=N)N)c1ccccc1. The van der Waals surface area contributed by atoms with E-state index in [1.54, 1.807) is 0 Å². The molecule has 0 aromatic heterocycles. The topological polar surface area (TPSA) is 53.1 Å². The maximum atomic E-state index is 7.82. The number of benzene rings is 1. The fourth-order valence-corrected chi connectivity index (χ4v) is 2.40. The molecule has 0 aliphatic heterocycles. The molecule has 0 bridgehead atoms. The lowest BCUT2D eigenvalue weighted by Crippen LogP contribution is -2.37. The number of amidine groups is 1. The third kappa shape index (κ3) is 5.03. The van der Waals surface area contributed by atoms with Crippen LogP contribution < -0.4 is 5.73 Å². The van der Waals surface area contributed by atoms with E-state index in [0.29, 0.717) is 12.0 Å². The molecule has 3 heteroatoms. The van der Waals surface area contributed by atoms with Crippen LogP contribution in [0.25, 0.3) is 0 Å². The first-order valence-corrected chi connectivity index (χ1v) is 7.01. The molecular weight excluding hydrogens is 234 g/mol. The highest BCUT2D eigenvalue weighted by Crippen LogP contribution is 2.19. The van der Waals surface area contributed by atoms with Crippen LogP contribution in [0.1, 0.15) is 38.7 Å². The van der Waals surface area contributed by atoms with Gasteiger partial charge in [0.05, 0.1) is 11.8 Å². The molecule has 1 aromatic rings. The predicted octanol–water partition coefficient (Wildman–Crippen LogP) is 3.07. The maximum absolute atomic E-state index is 7.82. The molecule has 0 spiro atoms. The van der Waals surface area contributed by atoms with Crippen molar-refractivity contribution in [1.29, 1.82) is 5.41 Å². The molecule has 19 heavy (non-hydrogen) atoms. The lowest BCUT2D eigenvalue weighted by Gasteiger charge is -2.29. The van der Waals surface area contributed by atoms with E-state index in [-0.39, 0.29) is 11.8 Å². The van der Waals surface area contributed by atoms with Crippen LogP contribution in [0.4, 0.5) is 0 Å². The minimum Gasteiger partial charge on any atom is -0.387 e. The maximum Gasteiger partial charge on any atom is 0.0995 e. The number of nitrogens with zero attached hydrogens (tertiary/aromatic N) is 1. The van der Waals surface area contributed by atoms with Crippen LogP contribution in [0, 0.1) is 11.3 Å². The summed E-state index contributed by atoms with van der Waals surface area (Å²) in [6.07, 6.45) is 1.16. The second-order valence-electron chi connectivity index (χ2n) is 5.84. The van der Waals surface area contributed by atoms with Crippen molar-refractivity contribution in [3.05, 3.63) is 35.9 Å². The van der Waals surface area contributed by atoms with Crippen molar-refractivity contribution in [2.75, 3.05) is 13.6 Å². The second kappa shape index (κ2) is 7.29. The van der Waals surface area contributed by atoms with E-state index in [1.807, 2.05) is 30.3 Å². The highest BCUT2D eigenvalue weighted by atomic mass is 15.1. The molecule has 0 aliphatic carbocycles. The standard InChI is InChI=1S/C16H27N3/c1-12(2)10-13(3)19(4)11-15(16(17)18)14-8-6-5-7-9-14/h5-9,12-13,15H,10-11H2,1-4H3,(H3,17,18). The fourth-order valence-electron chi connectivity index (χ4n) is 2.40. The third-order valence-corrected chi connectivity index (χ3v) is 3.61. The van der Waals surface area contributed by atoms with Crippen LogP contribution in [0.5, 0.6) is 0 Å². The molecule has 0 saturated carbocycles. The Labute approximate surface area is 117 Å². The van der Waals surface area contributed by atoms with Gasteiger partial charge in [0.15, 0.2) is 0 Å². The number of likely N-dealkylation sites (N-methyl/N-ethyl adjacent to an activating group) is 1. The first-order chi connectivity index (χ1) is 8.91. The van der Waals surface area contributed by atoms with Gasteiger partial charge in [0.1, 0.15) is 0 Å². The summed E-state index contributed by atoms with van der Waals surface area (Å²) in [4.78, 5) is 2.30. The summed E-state index contributed by atoms with van der Waals surface area (Å²) in [5, 5.41) is 7.82. The summed E-state index contributed by atoms with van der Waals surface area (Å²) in [5.74, 6) is 0.917. The van der Waals surface area contributed by atoms with Crippen LogP contribution >= 0.6 is 0 Å². The van der Waals surface area contributed by atoms with Gasteiger partial charge in [0, 0.05) is 12.6 Å². The van der Waals surface area contributed by atoms with E-state index in [4.69, 9.17) is 11.1 Å². The molecule has 3 nitrogen and oxygen atoms in total. The first kappa shape index (κ1) is 15.7. The van der Waals surface area contributed by atoms with Gasteiger partial charge < -0.3 is 10.6 Å². The zero-order chi connectivity index (χ0) is 14.4. The normalized spacial score (nSPS) is 14.6. The van der Waals surface area contributed by atoms with Crippen molar-refractivity contribution >= 4 is 5.84 Å². The Morgan fingerprint density at radius 2 is 1.79 bits per heavy atom. The van der Waals surface area contributed by atoms with Gasteiger partial charge in [0.2, 0.25) is 0 Å². The molecule has 2 unspecified atom stereocenters. The van der Waals surface area contributed by atoms with Crippen molar-refractivity contribution in [3.63, 3.8) is 0 Å². The van der Waals surface area contributed by atoms with Crippen molar-refractivity contribution in [2.45, 2.75) is 39.2 Å². The smallest absolute Gasteiger partial charge is 0.0995 e. The third-order valence-electron chi connectivity index (χ3n) is 3.61. The Hall–Kier alpha value is -1.35. The van der Waals surface area contributed by atoms with Gasteiger partial charge in [-0.25, -0.2) is 0 Å². The average Bonchev–Trinajstić information content (AvgIpc) is 2.35. The summed E-state index contributed by atoms with van der Waals surface area (Å²) >= 11 is 0. The number of hydrogen-bond donors (Lipinski definition) is 2. The molecule has 0 fully saturated rings. The molecule has 0 saturated heterocycles. The van der Waals surface area contributed by atoms with Gasteiger partial charge in [-0.2, -0.15) is 0 Å². The lowest BCUT2D eigenvalue weighted by molar-refractivity contribution is 0.226. The number of rotatable bonds is 7. The van der Waals surface area contributed by atoms with Crippen molar-refractivity contribution in [1.82, 2.24) is 4.90 Å². The molecule has 0 amide bonds. The zero-order valence-electron chi connectivity index (χ0n) is 12.6. The Bertz CT molecular complexity index is 386.